The van der Waals surface area contributed by atoms with Gasteiger partial charge in [-0.05, 0) is 134 Å². The molecule has 6 heterocycles. The van der Waals surface area contributed by atoms with E-state index in [1.54, 1.807) is 0 Å². The Balaban J connectivity index is 0.000000103. The van der Waals surface area contributed by atoms with Gasteiger partial charge in [0, 0.05) is 85.9 Å². The summed E-state index contributed by atoms with van der Waals surface area (Å²) in [5.41, 5.74) is 20.7. The maximum atomic E-state index is 6.18. The van der Waals surface area contributed by atoms with Crippen molar-refractivity contribution in [2.24, 2.45) is 0 Å². The minimum atomic E-state index is 0.876. The number of nitrogens with zero attached hydrogens (tertiary/aromatic N) is 6. The van der Waals surface area contributed by atoms with Gasteiger partial charge in [0.25, 0.3) is 0 Å². The van der Waals surface area contributed by atoms with Crippen molar-refractivity contribution in [2.45, 2.75) is 0 Å². The molecule has 0 aliphatic heterocycles. The number of hydrogen-bond donors (Lipinski definition) is 0. The van der Waals surface area contributed by atoms with Crippen molar-refractivity contribution in [1.82, 2.24) is 29.9 Å². The molecule has 0 saturated carbocycles. The third-order valence-corrected chi connectivity index (χ3v) is 21.8. The Morgan fingerprint density at radius 3 is 1.07 bits per heavy atom. The fourth-order valence-electron chi connectivity index (χ4n) is 15.5. The summed E-state index contributed by atoms with van der Waals surface area (Å²) in [6.07, 6.45) is 0. The van der Waals surface area contributed by atoms with Gasteiger partial charge < -0.3 is 8.83 Å². The lowest BCUT2D eigenvalue weighted by molar-refractivity contribution is 0.669. The molecule has 6 aromatic heterocycles. The molecule has 0 aliphatic carbocycles. The van der Waals surface area contributed by atoms with Crippen molar-refractivity contribution >= 4 is 162 Å². The highest BCUT2D eigenvalue weighted by molar-refractivity contribution is 7.26. The Morgan fingerprint density at radius 2 is 0.551 bits per heavy atom. The smallest absolute Gasteiger partial charge is 0.136 e. The van der Waals surface area contributed by atoms with Crippen LogP contribution in [0.1, 0.15) is 0 Å². The number of thiophene rings is 1. The maximum absolute atomic E-state index is 6.18. The summed E-state index contributed by atoms with van der Waals surface area (Å²) in [7, 11) is 0. The van der Waals surface area contributed by atoms with Crippen LogP contribution in [0.15, 0.2) is 361 Å². The van der Waals surface area contributed by atoms with E-state index in [1.165, 1.54) is 41.7 Å². The fourth-order valence-corrected chi connectivity index (χ4v) is 16.6. The van der Waals surface area contributed by atoms with Gasteiger partial charge in [0.1, 0.15) is 22.3 Å². The number of benzene rings is 17. The van der Waals surface area contributed by atoms with Crippen molar-refractivity contribution in [1.29, 1.82) is 0 Å². The third-order valence-electron chi connectivity index (χ3n) is 20.7. The Labute approximate surface area is 616 Å². The molecule has 17 aromatic carbocycles. The molecule has 0 saturated heterocycles. The maximum Gasteiger partial charge on any atom is 0.136 e. The highest BCUT2D eigenvalue weighted by Gasteiger charge is 2.21. The van der Waals surface area contributed by atoms with Crippen LogP contribution in [0.3, 0.4) is 0 Å². The zero-order valence-electron chi connectivity index (χ0n) is 57.4. The van der Waals surface area contributed by atoms with E-state index in [0.717, 1.165) is 177 Å². The van der Waals surface area contributed by atoms with Gasteiger partial charge in [0.15, 0.2) is 0 Å². The lowest BCUT2D eigenvalue weighted by atomic mass is 9.98. The van der Waals surface area contributed by atoms with Gasteiger partial charge in [-0.2, -0.15) is 0 Å². The van der Waals surface area contributed by atoms with E-state index < -0.39 is 0 Å². The van der Waals surface area contributed by atoms with E-state index in [4.69, 9.17) is 38.7 Å². The third kappa shape index (κ3) is 10.8. The first kappa shape index (κ1) is 61.5. The highest BCUT2D eigenvalue weighted by atomic mass is 32.1. The van der Waals surface area contributed by atoms with E-state index in [-0.39, 0.29) is 0 Å². The first-order chi connectivity index (χ1) is 53.0. The quantitative estimate of drug-likeness (QED) is 0.152. The number of hydrogen-bond acceptors (Lipinski definition) is 9. The fraction of sp³-hybridized carbons (Fsp3) is 0. The number of para-hydroxylation sites is 4. The Hall–Kier alpha value is -14.1. The molecular formula is C98H58N6O2S. The van der Waals surface area contributed by atoms with Crippen LogP contribution in [-0.2, 0) is 0 Å². The van der Waals surface area contributed by atoms with Crippen LogP contribution >= 0.6 is 11.3 Å². The van der Waals surface area contributed by atoms with Crippen LogP contribution in [0.5, 0.6) is 0 Å². The molecule has 0 spiro atoms. The van der Waals surface area contributed by atoms with Gasteiger partial charge in [-0.15, -0.1) is 11.3 Å². The summed E-state index contributed by atoms with van der Waals surface area (Å²) >= 11 is 1.85. The van der Waals surface area contributed by atoms with Gasteiger partial charge in [0.2, 0.25) is 0 Å². The molecule has 0 N–H and O–H groups in total. The van der Waals surface area contributed by atoms with E-state index >= 15 is 0 Å². The van der Waals surface area contributed by atoms with Crippen LogP contribution in [0, 0.1) is 0 Å². The van der Waals surface area contributed by atoms with Gasteiger partial charge in [-0.1, -0.05) is 261 Å². The second-order valence-corrected chi connectivity index (χ2v) is 28.2. The van der Waals surface area contributed by atoms with E-state index in [1.807, 2.05) is 102 Å². The predicted molar refractivity (Wildman–Crippen MR) is 446 cm³/mol. The summed E-state index contributed by atoms with van der Waals surface area (Å²) in [5.74, 6) is 0. The van der Waals surface area contributed by atoms with Gasteiger partial charge in [-0.3, -0.25) is 0 Å². The van der Waals surface area contributed by atoms with E-state index in [0.29, 0.717) is 0 Å². The number of fused-ring (bicyclic) bond motifs is 20. The van der Waals surface area contributed by atoms with Gasteiger partial charge in [0.05, 0.1) is 67.3 Å². The Bertz CT molecular complexity index is 7520. The molecule has 107 heavy (non-hydrogen) atoms. The van der Waals surface area contributed by atoms with Crippen LogP contribution in [0.25, 0.3) is 219 Å². The van der Waals surface area contributed by atoms with Crippen LogP contribution < -0.4 is 0 Å². The molecular weight excluding hydrogens is 1330 g/mol. The first-order valence-electron chi connectivity index (χ1n) is 35.9. The number of rotatable bonds is 6. The zero-order valence-corrected chi connectivity index (χ0v) is 58.2. The van der Waals surface area contributed by atoms with Crippen LogP contribution in [-0.4, -0.2) is 29.9 Å². The molecule has 0 amide bonds. The summed E-state index contributed by atoms with van der Waals surface area (Å²) in [6.45, 7) is 0. The predicted octanol–water partition coefficient (Wildman–Crippen LogP) is 26.8. The summed E-state index contributed by atoms with van der Waals surface area (Å²) in [4.78, 5) is 31.0. The molecule has 8 nitrogen and oxygen atoms in total. The van der Waals surface area contributed by atoms with Gasteiger partial charge >= 0.3 is 0 Å². The first-order valence-corrected chi connectivity index (χ1v) is 36.7. The lowest BCUT2D eigenvalue weighted by Gasteiger charge is -2.13. The largest absolute Gasteiger partial charge is 0.456 e. The Kier molecular flexibility index (Phi) is 14.6. The summed E-state index contributed by atoms with van der Waals surface area (Å²) in [6, 6.07) is 122. The minimum absolute atomic E-state index is 0.876. The molecule has 23 aromatic rings. The normalized spacial score (nSPS) is 11.7. The number of furan rings is 2. The van der Waals surface area contributed by atoms with Crippen molar-refractivity contribution < 1.29 is 8.83 Å². The van der Waals surface area contributed by atoms with Crippen molar-refractivity contribution in [3.05, 3.63) is 352 Å². The molecule has 0 radical (unpaired) electrons. The molecule has 23 rings (SSSR count). The van der Waals surface area contributed by atoms with Crippen LogP contribution in [0.4, 0.5) is 0 Å². The monoisotopic (exact) mass is 1380 g/mol. The molecule has 0 unspecified atom stereocenters. The summed E-state index contributed by atoms with van der Waals surface area (Å²) < 4.78 is 15.0. The Morgan fingerprint density at radius 1 is 0.187 bits per heavy atom. The van der Waals surface area contributed by atoms with Crippen molar-refractivity contribution in [3.63, 3.8) is 0 Å². The standard InChI is InChI=1S/2C34H20N2O.C30H18N2S/c1-2-9-22(10-3-1)32-33(35-29-17-16-21-8-4-5-11-26(21)34(29)36-32)24-15-14-23-19-28-27-12-6-7-13-30(27)37-31(28)20-25(23)18-24;1-2-9-22(10-3-1)32-33(36-34-26-11-5-4-8-21(26)16-17-29(34)35-32)24-15-14-23-19-28-27-12-6-7-13-30(27)37-31(28)20-25(23)18-24;1-2-8-20(9-3-1)29-30(32-25-12-6-5-11-24(25)31-29)21-15-14-19-16-17-27-28(23(19)18-21)22-10-4-7-13-26(22)33-27/h2*1-20H;1-18H. The molecule has 498 valence electrons. The molecule has 0 bridgehead atoms. The minimum Gasteiger partial charge on any atom is -0.456 e. The topological polar surface area (TPSA) is 104 Å². The average Bonchev–Trinajstić information content (AvgIpc) is 1.73. The molecule has 9 heteroatoms. The second-order valence-electron chi connectivity index (χ2n) is 27.1. The van der Waals surface area contributed by atoms with Crippen LogP contribution in [0.2, 0.25) is 0 Å². The highest BCUT2D eigenvalue weighted by Crippen LogP contribution is 2.44. The lowest BCUT2D eigenvalue weighted by Crippen LogP contribution is -1.96. The molecule has 0 atom stereocenters. The van der Waals surface area contributed by atoms with E-state index in [2.05, 4.69) is 261 Å². The zero-order chi connectivity index (χ0) is 70.5. The summed E-state index contributed by atoms with van der Waals surface area (Å²) in [5, 5.41) is 18.8. The molecule has 0 fully saturated rings. The van der Waals surface area contributed by atoms with Gasteiger partial charge in [-0.25, -0.2) is 29.9 Å². The molecule has 0 aliphatic rings. The second kappa shape index (κ2) is 25.4. The number of aromatic nitrogens is 6. The van der Waals surface area contributed by atoms with E-state index in [9.17, 15) is 0 Å². The SMILES string of the molecule is c1ccc(-c2nc3c(ccc4ccccc43)nc2-c2ccc3cc4c(cc3c2)oc2ccccc24)cc1.c1ccc(-c2nc3ccc4ccccc4c3nc2-c2ccc3cc4c(cc3c2)oc2ccccc24)cc1.c1ccc(-c2nc3ccccc3nc2-c2ccc3ccc4sc5ccccc5c4c3c2)cc1. The van der Waals surface area contributed by atoms with Crippen molar-refractivity contribution in [3.8, 4) is 67.5 Å². The average molecular weight is 1380 g/mol. The van der Waals surface area contributed by atoms with Crippen molar-refractivity contribution in [2.75, 3.05) is 0 Å².